The maximum absolute atomic E-state index is 16.5. The molecule has 9 heteroatoms. The van der Waals surface area contributed by atoms with E-state index in [1.54, 1.807) is 37.5 Å². The van der Waals surface area contributed by atoms with Gasteiger partial charge >= 0.3 is 0 Å². The number of hydrogen-bond acceptors (Lipinski definition) is 5. The van der Waals surface area contributed by atoms with Crippen LogP contribution in [0.1, 0.15) is 23.6 Å². The Bertz CT molecular complexity index is 2140. The number of aromatic amines is 2. The number of halogens is 2. The van der Waals surface area contributed by atoms with Crippen molar-refractivity contribution in [3.63, 3.8) is 0 Å². The van der Waals surface area contributed by atoms with Gasteiger partial charge < -0.3 is 15.6 Å². The predicted octanol–water partition coefficient (Wildman–Crippen LogP) is 7.99. The molecule has 6 aromatic rings. The molecule has 0 fully saturated rings. The van der Waals surface area contributed by atoms with Crippen LogP contribution in [0.3, 0.4) is 0 Å². The normalized spacial score (nSPS) is 12.2. The van der Waals surface area contributed by atoms with Gasteiger partial charge in [-0.25, -0.2) is 13.8 Å². The quantitative estimate of drug-likeness (QED) is 0.111. The molecule has 3 aromatic heterocycles. The molecule has 4 N–H and O–H groups in total. The van der Waals surface area contributed by atoms with Gasteiger partial charge in [0, 0.05) is 41.7 Å². The van der Waals surface area contributed by atoms with Crippen LogP contribution >= 0.6 is 0 Å². The van der Waals surface area contributed by atoms with E-state index in [0.717, 1.165) is 16.8 Å². The van der Waals surface area contributed by atoms with Gasteiger partial charge in [-0.15, -0.1) is 0 Å². The Kier molecular flexibility index (Phi) is 8.67. The maximum Gasteiger partial charge on any atom is 0.159 e. The average Bonchev–Trinajstić information content (AvgIpc) is 3.69. The highest BCUT2D eigenvalue weighted by Crippen LogP contribution is 2.34. The minimum atomic E-state index is -0.447. The second-order valence-electron chi connectivity index (χ2n) is 10.9. The zero-order valence-corrected chi connectivity index (χ0v) is 25.6. The van der Waals surface area contributed by atoms with Crippen LogP contribution < -0.4 is 10.6 Å². The summed E-state index contributed by atoms with van der Waals surface area (Å²) in [4.78, 5) is 12.6. The summed E-state index contributed by atoms with van der Waals surface area (Å²) >= 11 is 0. The average molecular weight is 614 g/mol. The third kappa shape index (κ3) is 6.13. The number of aromatic nitrogens is 5. The van der Waals surface area contributed by atoms with Crippen molar-refractivity contribution in [3.8, 4) is 22.8 Å². The number of H-pyrrole nitrogens is 2. The molecule has 46 heavy (non-hydrogen) atoms. The predicted molar refractivity (Wildman–Crippen MR) is 181 cm³/mol. The molecule has 230 valence electrons. The van der Waals surface area contributed by atoms with Gasteiger partial charge in [0.2, 0.25) is 0 Å². The van der Waals surface area contributed by atoms with E-state index in [1.807, 2.05) is 55.5 Å². The Morgan fingerprint density at radius 1 is 0.978 bits per heavy atom. The lowest BCUT2D eigenvalue weighted by molar-refractivity contribution is 0.624. The van der Waals surface area contributed by atoms with Crippen molar-refractivity contribution in [1.29, 1.82) is 0 Å². The smallest absolute Gasteiger partial charge is 0.159 e. The highest BCUT2D eigenvalue weighted by atomic mass is 19.1. The molecule has 3 heterocycles. The minimum absolute atomic E-state index is 0.294. The summed E-state index contributed by atoms with van der Waals surface area (Å²) in [6.07, 6.45) is 7.64. The number of fused-ring (bicyclic) bond motifs is 2. The number of benzene rings is 3. The molecule has 0 bridgehead atoms. The lowest BCUT2D eigenvalue weighted by atomic mass is 10.0. The van der Waals surface area contributed by atoms with E-state index >= 15 is 4.39 Å². The fourth-order valence-corrected chi connectivity index (χ4v) is 5.54. The maximum atomic E-state index is 16.5. The number of pyridine rings is 1. The van der Waals surface area contributed by atoms with Crippen LogP contribution in [0.5, 0.6) is 0 Å². The fourth-order valence-electron chi connectivity index (χ4n) is 5.54. The first kappa shape index (κ1) is 30.4. The number of hydrogen-bond donors (Lipinski definition) is 4. The molecule has 3 aromatic carbocycles. The van der Waals surface area contributed by atoms with Crippen LogP contribution in [-0.2, 0) is 13.0 Å². The van der Waals surface area contributed by atoms with Gasteiger partial charge in [0.25, 0.3) is 0 Å². The van der Waals surface area contributed by atoms with Crippen LogP contribution in [0.15, 0.2) is 116 Å². The molecular weight excluding hydrogens is 580 g/mol. The molecule has 0 unspecified atom stereocenters. The van der Waals surface area contributed by atoms with E-state index in [2.05, 4.69) is 44.0 Å². The lowest BCUT2D eigenvalue weighted by Crippen LogP contribution is -2.12. The molecule has 0 aliphatic carbocycles. The first-order valence-electron chi connectivity index (χ1n) is 14.8. The zero-order valence-electron chi connectivity index (χ0n) is 25.6. The van der Waals surface area contributed by atoms with Crippen molar-refractivity contribution in [2.45, 2.75) is 19.9 Å². The number of allylic oxidation sites excluding steroid dienone is 5. The van der Waals surface area contributed by atoms with E-state index < -0.39 is 5.82 Å². The summed E-state index contributed by atoms with van der Waals surface area (Å²) in [6.45, 7) is 10.5. The van der Waals surface area contributed by atoms with Crippen LogP contribution in [0.25, 0.3) is 50.3 Å². The van der Waals surface area contributed by atoms with E-state index in [9.17, 15) is 4.39 Å². The van der Waals surface area contributed by atoms with Crippen LogP contribution in [0.2, 0.25) is 0 Å². The zero-order chi connectivity index (χ0) is 32.2. The molecule has 0 amide bonds. The number of imidazole rings is 1. The summed E-state index contributed by atoms with van der Waals surface area (Å²) in [5.41, 5.74) is 7.58. The van der Waals surface area contributed by atoms with Crippen LogP contribution in [0, 0.1) is 11.6 Å². The van der Waals surface area contributed by atoms with Crippen LogP contribution in [-0.4, -0.2) is 32.2 Å². The van der Waals surface area contributed by atoms with E-state index in [1.165, 1.54) is 12.1 Å². The van der Waals surface area contributed by atoms with Crippen molar-refractivity contribution < 1.29 is 8.78 Å². The highest BCUT2D eigenvalue weighted by Gasteiger charge is 2.21. The standard InChI is InChI=1S/C37H33F2N7/c1-5-25(20-28(6-2)42-22(3)16-23-10-8-7-9-11-23)29-12-13-30-32(33(29)39)36(46-45-30)37-43-31-14-15-41-34(35(31)44-37)26-17-24(21-40-4)18-27(38)19-26/h5-15,17-20,40,42H,2-3,16,21H2,1,4H3,(H,43,44)(H,45,46)/b25-5+,28-20+. The highest BCUT2D eigenvalue weighted by molar-refractivity contribution is 5.98. The van der Waals surface area contributed by atoms with Gasteiger partial charge in [-0.3, -0.25) is 10.1 Å². The fraction of sp³-hybridized carbons (Fsp3) is 0.108. The number of nitrogens with zero attached hydrogens (tertiary/aromatic N) is 3. The summed E-state index contributed by atoms with van der Waals surface area (Å²) in [5.74, 6) is -0.450. The Balaban J connectivity index is 1.36. The van der Waals surface area contributed by atoms with Crippen LogP contribution in [0.4, 0.5) is 8.78 Å². The van der Waals surface area contributed by atoms with Gasteiger partial charge in [-0.2, -0.15) is 5.10 Å². The molecule has 0 spiro atoms. The Morgan fingerprint density at radius 3 is 2.57 bits per heavy atom. The third-order valence-electron chi connectivity index (χ3n) is 7.64. The van der Waals surface area contributed by atoms with E-state index in [4.69, 9.17) is 4.98 Å². The largest absolute Gasteiger partial charge is 0.359 e. The van der Waals surface area contributed by atoms with Gasteiger partial charge in [-0.05, 0) is 79.2 Å². The number of rotatable bonds is 11. The molecule has 0 saturated heterocycles. The second kappa shape index (κ2) is 13.1. The molecule has 7 nitrogen and oxygen atoms in total. The van der Waals surface area contributed by atoms with Gasteiger partial charge in [0.15, 0.2) is 5.82 Å². The molecule has 0 aliphatic heterocycles. The number of nitrogens with one attached hydrogen (secondary N) is 4. The van der Waals surface area contributed by atoms with Crippen molar-refractivity contribution in [2.24, 2.45) is 0 Å². The van der Waals surface area contributed by atoms with Crippen molar-refractivity contribution in [1.82, 2.24) is 35.8 Å². The van der Waals surface area contributed by atoms with Gasteiger partial charge in [-0.1, -0.05) is 49.6 Å². The monoisotopic (exact) mass is 613 g/mol. The van der Waals surface area contributed by atoms with Gasteiger partial charge in [0.05, 0.1) is 22.1 Å². The Morgan fingerprint density at radius 2 is 1.80 bits per heavy atom. The Hall–Kier alpha value is -5.67. The molecule has 0 saturated carbocycles. The summed E-state index contributed by atoms with van der Waals surface area (Å²) < 4.78 is 31.0. The van der Waals surface area contributed by atoms with Crippen molar-refractivity contribution in [2.75, 3.05) is 7.05 Å². The molecule has 0 aliphatic rings. The topological polar surface area (TPSA) is 94.3 Å². The second-order valence-corrected chi connectivity index (χ2v) is 10.9. The van der Waals surface area contributed by atoms with E-state index in [-0.39, 0.29) is 5.82 Å². The molecular formula is C37H33F2N7. The first-order valence-corrected chi connectivity index (χ1v) is 14.8. The minimum Gasteiger partial charge on any atom is -0.359 e. The Labute approximate surface area is 265 Å². The molecule has 0 atom stereocenters. The summed E-state index contributed by atoms with van der Waals surface area (Å²) in [5, 5.41) is 14.0. The summed E-state index contributed by atoms with van der Waals surface area (Å²) in [6, 6.07) is 20.1. The molecule has 0 radical (unpaired) electrons. The van der Waals surface area contributed by atoms with Crippen molar-refractivity contribution >= 4 is 27.5 Å². The summed E-state index contributed by atoms with van der Waals surface area (Å²) in [7, 11) is 1.80. The van der Waals surface area contributed by atoms with Crippen molar-refractivity contribution in [3.05, 3.63) is 144 Å². The third-order valence-corrected chi connectivity index (χ3v) is 7.64. The SMILES string of the molecule is C=C/C(=C\C(=C/C)c1ccc2[nH]nc(-c3nc4c(-c5cc(F)cc(CNC)c5)nccc4[nH]3)c2c1F)NC(=C)Cc1ccccc1. The van der Waals surface area contributed by atoms with E-state index in [0.29, 0.717) is 74.5 Å². The first-order chi connectivity index (χ1) is 22.4. The lowest BCUT2D eigenvalue weighted by Gasteiger charge is -2.13. The van der Waals surface area contributed by atoms with Gasteiger partial charge in [0.1, 0.15) is 22.8 Å². The molecule has 6 rings (SSSR count).